The van der Waals surface area contributed by atoms with E-state index < -0.39 is 5.82 Å². The Labute approximate surface area is 106 Å². The lowest BCUT2D eigenvalue weighted by Gasteiger charge is -2.05. The summed E-state index contributed by atoms with van der Waals surface area (Å²) in [6.07, 6.45) is 2.90. The molecule has 0 saturated carbocycles. The van der Waals surface area contributed by atoms with Crippen molar-refractivity contribution in [2.75, 3.05) is 0 Å². The number of halogens is 2. The molecule has 0 saturated heterocycles. The number of benzene rings is 1. The van der Waals surface area contributed by atoms with Gasteiger partial charge in [0, 0.05) is 11.0 Å². The van der Waals surface area contributed by atoms with Crippen LogP contribution < -0.4 is 10.5 Å². The molecule has 0 aliphatic rings. The fourth-order valence-corrected chi connectivity index (χ4v) is 1.50. The normalized spacial score (nSPS) is 10.3. The van der Waals surface area contributed by atoms with Crippen molar-refractivity contribution in [3.05, 3.63) is 46.6 Å². The highest BCUT2D eigenvalue weighted by atomic mass is 79.9. The van der Waals surface area contributed by atoms with Crippen LogP contribution in [0.2, 0.25) is 0 Å². The summed E-state index contributed by atoms with van der Waals surface area (Å²) in [5.74, 6) is -0.143. The summed E-state index contributed by atoms with van der Waals surface area (Å²) in [5.41, 5.74) is 6.03. The first-order valence-corrected chi connectivity index (χ1v) is 5.62. The van der Waals surface area contributed by atoms with Crippen LogP contribution in [-0.2, 0) is 6.54 Å². The summed E-state index contributed by atoms with van der Waals surface area (Å²) in [4.78, 5) is 7.96. The van der Waals surface area contributed by atoms with Crippen LogP contribution in [0, 0.1) is 5.82 Å². The van der Waals surface area contributed by atoms with Crippen LogP contribution in [0.25, 0.3) is 0 Å². The summed E-state index contributed by atoms with van der Waals surface area (Å²) in [6.45, 7) is 0.305. The number of rotatable bonds is 3. The Morgan fingerprint density at radius 3 is 2.71 bits per heavy atom. The quantitative estimate of drug-likeness (QED) is 0.946. The zero-order chi connectivity index (χ0) is 12.3. The average Bonchev–Trinajstić information content (AvgIpc) is 2.34. The van der Waals surface area contributed by atoms with Gasteiger partial charge in [0.15, 0.2) is 11.6 Å². The molecule has 0 atom stereocenters. The van der Waals surface area contributed by atoms with Crippen molar-refractivity contribution < 1.29 is 9.13 Å². The molecule has 17 heavy (non-hydrogen) atoms. The maximum atomic E-state index is 13.5. The van der Waals surface area contributed by atoms with Crippen LogP contribution in [0.1, 0.15) is 5.69 Å². The van der Waals surface area contributed by atoms with Crippen LogP contribution in [0.15, 0.2) is 35.1 Å². The van der Waals surface area contributed by atoms with E-state index in [-0.39, 0.29) is 11.6 Å². The Morgan fingerprint density at radius 2 is 2.12 bits per heavy atom. The van der Waals surface area contributed by atoms with Gasteiger partial charge in [-0.2, -0.15) is 0 Å². The van der Waals surface area contributed by atoms with E-state index in [9.17, 15) is 4.39 Å². The van der Waals surface area contributed by atoms with E-state index in [0.29, 0.717) is 16.7 Å². The molecule has 2 aromatic rings. The molecule has 2 rings (SSSR count). The van der Waals surface area contributed by atoms with Gasteiger partial charge in [-0.15, -0.1) is 0 Å². The number of aromatic nitrogens is 2. The SMILES string of the molecule is NCc1cnc(Oc2ccc(Br)cc2F)cn1. The highest BCUT2D eigenvalue weighted by Gasteiger charge is 2.06. The molecule has 1 heterocycles. The molecule has 88 valence electrons. The van der Waals surface area contributed by atoms with E-state index in [1.165, 1.54) is 24.5 Å². The van der Waals surface area contributed by atoms with Crippen molar-refractivity contribution in [3.8, 4) is 11.6 Å². The molecule has 0 radical (unpaired) electrons. The lowest BCUT2D eigenvalue weighted by Crippen LogP contribution is -2.00. The smallest absolute Gasteiger partial charge is 0.237 e. The van der Waals surface area contributed by atoms with Crippen molar-refractivity contribution in [2.45, 2.75) is 6.54 Å². The average molecular weight is 298 g/mol. The maximum Gasteiger partial charge on any atom is 0.237 e. The van der Waals surface area contributed by atoms with E-state index >= 15 is 0 Å². The van der Waals surface area contributed by atoms with Crippen LogP contribution in [0.5, 0.6) is 11.6 Å². The standard InChI is InChI=1S/C11H9BrFN3O/c12-7-1-2-10(9(13)3-7)17-11-6-15-8(4-14)5-16-11/h1-3,5-6H,4,14H2. The zero-order valence-corrected chi connectivity index (χ0v) is 10.3. The number of nitrogens with two attached hydrogens (primary N) is 1. The van der Waals surface area contributed by atoms with Crippen molar-refractivity contribution in [3.63, 3.8) is 0 Å². The Morgan fingerprint density at radius 1 is 1.29 bits per heavy atom. The molecular weight excluding hydrogens is 289 g/mol. The molecule has 4 nitrogen and oxygen atoms in total. The van der Waals surface area contributed by atoms with Gasteiger partial charge in [0.1, 0.15) is 0 Å². The van der Waals surface area contributed by atoms with Gasteiger partial charge in [-0.25, -0.2) is 9.37 Å². The molecule has 0 spiro atoms. The summed E-state index contributed by atoms with van der Waals surface area (Å²) < 4.78 is 19.4. The van der Waals surface area contributed by atoms with Crippen LogP contribution in [0.3, 0.4) is 0 Å². The molecule has 6 heteroatoms. The van der Waals surface area contributed by atoms with Crippen LogP contribution >= 0.6 is 15.9 Å². The Hall–Kier alpha value is -1.53. The minimum absolute atomic E-state index is 0.1000. The van der Waals surface area contributed by atoms with Crippen LogP contribution in [0.4, 0.5) is 4.39 Å². The lowest BCUT2D eigenvalue weighted by atomic mass is 10.3. The van der Waals surface area contributed by atoms with E-state index in [4.69, 9.17) is 10.5 Å². The lowest BCUT2D eigenvalue weighted by molar-refractivity contribution is 0.424. The molecule has 1 aromatic heterocycles. The topological polar surface area (TPSA) is 61.0 Å². The number of nitrogens with zero attached hydrogens (tertiary/aromatic N) is 2. The molecule has 2 N–H and O–H groups in total. The Balaban J connectivity index is 2.19. The second kappa shape index (κ2) is 5.20. The molecule has 0 aliphatic heterocycles. The van der Waals surface area contributed by atoms with Gasteiger partial charge in [0.2, 0.25) is 5.88 Å². The fourth-order valence-electron chi connectivity index (χ4n) is 1.17. The zero-order valence-electron chi connectivity index (χ0n) is 8.73. The fraction of sp³-hybridized carbons (Fsp3) is 0.0909. The van der Waals surface area contributed by atoms with Crippen molar-refractivity contribution in [1.29, 1.82) is 0 Å². The molecule has 0 bridgehead atoms. The maximum absolute atomic E-state index is 13.5. The highest BCUT2D eigenvalue weighted by Crippen LogP contribution is 2.25. The summed E-state index contributed by atoms with van der Waals surface area (Å²) in [7, 11) is 0. The molecule has 0 unspecified atom stereocenters. The second-order valence-electron chi connectivity index (χ2n) is 3.23. The van der Waals surface area contributed by atoms with Gasteiger partial charge >= 0.3 is 0 Å². The first-order chi connectivity index (χ1) is 8.19. The third-order valence-electron chi connectivity index (χ3n) is 2.00. The Bertz CT molecular complexity index is 519. The summed E-state index contributed by atoms with van der Waals surface area (Å²) >= 11 is 3.16. The van der Waals surface area contributed by atoms with Gasteiger partial charge in [-0.05, 0) is 18.2 Å². The van der Waals surface area contributed by atoms with E-state index in [2.05, 4.69) is 25.9 Å². The van der Waals surface area contributed by atoms with Gasteiger partial charge in [-0.1, -0.05) is 15.9 Å². The predicted molar refractivity (Wildman–Crippen MR) is 64.1 cm³/mol. The second-order valence-corrected chi connectivity index (χ2v) is 4.14. The van der Waals surface area contributed by atoms with Crippen molar-refractivity contribution in [2.24, 2.45) is 5.73 Å². The first-order valence-electron chi connectivity index (χ1n) is 4.83. The highest BCUT2D eigenvalue weighted by molar-refractivity contribution is 9.10. The van der Waals surface area contributed by atoms with E-state index in [1.807, 2.05) is 0 Å². The minimum atomic E-state index is -0.468. The first kappa shape index (κ1) is 11.9. The Kier molecular flexibility index (Phi) is 3.65. The number of ether oxygens (including phenoxy) is 1. The monoisotopic (exact) mass is 297 g/mol. The summed E-state index contributed by atoms with van der Waals surface area (Å²) in [6, 6.07) is 4.51. The largest absolute Gasteiger partial charge is 0.434 e. The van der Waals surface area contributed by atoms with Gasteiger partial charge in [0.05, 0.1) is 18.1 Å². The van der Waals surface area contributed by atoms with Gasteiger partial charge in [0.25, 0.3) is 0 Å². The third-order valence-corrected chi connectivity index (χ3v) is 2.49. The van der Waals surface area contributed by atoms with E-state index in [0.717, 1.165) is 0 Å². The molecular formula is C11H9BrFN3O. The predicted octanol–water partition coefficient (Wildman–Crippen LogP) is 2.63. The molecule has 0 amide bonds. The number of hydrogen-bond donors (Lipinski definition) is 1. The van der Waals surface area contributed by atoms with E-state index in [1.54, 1.807) is 6.07 Å². The minimum Gasteiger partial charge on any atom is -0.434 e. The molecule has 1 aromatic carbocycles. The summed E-state index contributed by atoms with van der Waals surface area (Å²) in [5, 5.41) is 0. The molecule has 0 fully saturated rings. The number of hydrogen-bond acceptors (Lipinski definition) is 4. The van der Waals surface area contributed by atoms with Crippen LogP contribution in [-0.4, -0.2) is 9.97 Å². The van der Waals surface area contributed by atoms with Crippen molar-refractivity contribution >= 4 is 15.9 Å². The molecule has 0 aliphatic carbocycles. The van der Waals surface area contributed by atoms with Gasteiger partial charge < -0.3 is 10.5 Å². The van der Waals surface area contributed by atoms with Crippen molar-refractivity contribution in [1.82, 2.24) is 9.97 Å². The third kappa shape index (κ3) is 2.98. The van der Waals surface area contributed by atoms with Gasteiger partial charge in [-0.3, -0.25) is 4.98 Å².